The normalized spacial score (nSPS) is 17.7. The van der Waals surface area contributed by atoms with E-state index in [-0.39, 0.29) is 17.2 Å². The van der Waals surface area contributed by atoms with Crippen LogP contribution >= 0.6 is 0 Å². The van der Waals surface area contributed by atoms with Crippen LogP contribution in [0, 0.1) is 11.3 Å². The monoisotopic (exact) mass is 213 g/mol. The zero-order valence-corrected chi connectivity index (χ0v) is 10.3. The van der Waals surface area contributed by atoms with Crippen LogP contribution in [-0.4, -0.2) is 51.1 Å². The zero-order chi connectivity index (χ0) is 11.5. The Morgan fingerprint density at radius 2 is 2.07 bits per heavy atom. The summed E-state index contributed by atoms with van der Waals surface area (Å²) in [4.78, 5) is 13.7. The van der Waals surface area contributed by atoms with Crippen molar-refractivity contribution in [1.82, 2.24) is 15.5 Å². The number of nitrogens with one attached hydrogen (secondary N) is 2. The predicted octanol–water partition coefficient (Wildman–Crippen LogP) is -0.0902. The zero-order valence-electron chi connectivity index (χ0n) is 10.3. The second kappa shape index (κ2) is 4.94. The average Bonchev–Trinajstić information content (AvgIpc) is 1.95. The minimum absolute atomic E-state index is 0.135. The van der Waals surface area contributed by atoms with Gasteiger partial charge in [0.05, 0.1) is 5.92 Å². The maximum Gasteiger partial charge on any atom is 0.225 e. The third kappa shape index (κ3) is 4.18. The summed E-state index contributed by atoms with van der Waals surface area (Å²) in [6, 6.07) is 0. The third-order valence-electron chi connectivity index (χ3n) is 2.64. The van der Waals surface area contributed by atoms with Crippen LogP contribution in [0.4, 0.5) is 0 Å². The summed E-state index contributed by atoms with van der Waals surface area (Å²) in [5.74, 6) is 0.390. The number of rotatable bonds is 5. The fourth-order valence-electron chi connectivity index (χ4n) is 1.86. The van der Waals surface area contributed by atoms with E-state index in [1.807, 2.05) is 0 Å². The molecule has 2 N–H and O–H groups in total. The third-order valence-corrected chi connectivity index (χ3v) is 2.64. The van der Waals surface area contributed by atoms with Crippen molar-refractivity contribution in [3.05, 3.63) is 0 Å². The van der Waals surface area contributed by atoms with Gasteiger partial charge in [-0.25, -0.2) is 0 Å². The maximum atomic E-state index is 11.6. The van der Waals surface area contributed by atoms with Gasteiger partial charge in [-0.1, -0.05) is 13.8 Å². The minimum Gasteiger partial charge on any atom is -0.355 e. The Bertz CT molecular complexity index is 222. The van der Waals surface area contributed by atoms with E-state index in [9.17, 15) is 4.79 Å². The highest BCUT2D eigenvalue weighted by atomic mass is 16.2. The predicted molar refractivity (Wildman–Crippen MR) is 61.7 cm³/mol. The molecule has 0 aromatic rings. The lowest BCUT2D eigenvalue weighted by Gasteiger charge is -2.31. The molecular weight excluding hydrogens is 190 g/mol. The number of hydrogen-bond donors (Lipinski definition) is 2. The molecule has 1 aliphatic rings. The van der Waals surface area contributed by atoms with Crippen LogP contribution in [0.3, 0.4) is 0 Å². The van der Waals surface area contributed by atoms with E-state index in [0.29, 0.717) is 0 Å². The molecule has 0 unspecified atom stereocenters. The van der Waals surface area contributed by atoms with Crippen molar-refractivity contribution in [3.63, 3.8) is 0 Å². The largest absolute Gasteiger partial charge is 0.355 e. The molecule has 0 aromatic heterocycles. The van der Waals surface area contributed by atoms with E-state index < -0.39 is 0 Å². The Hall–Kier alpha value is -0.610. The van der Waals surface area contributed by atoms with Gasteiger partial charge >= 0.3 is 0 Å². The molecule has 1 saturated heterocycles. The molecule has 0 radical (unpaired) electrons. The summed E-state index contributed by atoms with van der Waals surface area (Å²) in [6.07, 6.45) is 0. The summed E-state index contributed by atoms with van der Waals surface area (Å²) < 4.78 is 0. The van der Waals surface area contributed by atoms with Crippen molar-refractivity contribution < 1.29 is 4.79 Å². The second-order valence-electron chi connectivity index (χ2n) is 5.47. The summed E-state index contributed by atoms with van der Waals surface area (Å²) in [6.45, 7) is 7.75. The lowest BCUT2D eigenvalue weighted by molar-refractivity contribution is -0.126. The van der Waals surface area contributed by atoms with Gasteiger partial charge in [-0.3, -0.25) is 4.79 Å². The van der Waals surface area contributed by atoms with Crippen LogP contribution in [0.15, 0.2) is 0 Å². The Labute approximate surface area is 92.4 Å². The fourth-order valence-corrected chi connectivity index (χ4v) is 1.86. The van der Waals surface area contributed by atoms with E-state index in [0.717, 1.165) is 26.2 Å². The number of nitrogens with zero attached hydrogens (tertiary/aromatic N) is 1. The molecule has 1 amide bonds. The molecule has 0 aliphatic carbocycles. The molecule has 0 bridgehead atoms. The molecule has 4 nitrogen and oxygen atoms in total. The number of carbonyl (C=O) groups excluding carboxylic acids is 1. The smallest absolute Gasteiger partial charge is 0.225 e. The molecule has 0 atom stereocenters. The van der Waals surface area contributed by atoms with Crippen LogP contribution in [-0.2, 0) is 4.79 Å². The van der Waals surface area contributed by atoms with E-state index >= 15 is 0 Å². The first-order valence-electron chi connectivity index (χ1n) is 5.54. The van der Waals surface area contributed by atoms with Gasteiger partial charge in [-0.05, 0) is 19.5 Å². The maximum absolute atomic E-state index is 11.6. The summed E-state index contributed by atoms with van der Waals surface area (Å²) in [7, 11) is 4.11. The van der Waals surface area contributed by atoms with Gasteiger partial charge in [0, 0.05) is 26.2 Å². The lowest BCUT2D eigenvalue weighted by Crippen LogP contribution is -2.52. The molecule has 0 spiro atoms. The first kappa shape index (κ1) is 12.5. The van der Waals surface area contributed by atoms with Gasteiger partial charge in [-0.15, -0.1) is 0 Å². The molecule has 0 aromatic carbocycles. The minimum atomic E-state index is 0.135. The SMILES string of the molecule is CN(C)CC(C)(C)CNC(=O)C1CNC1. The molecule has 4 heteroatoms. The molecular formula is C11H23N3O. The molecule has 0 saturated carbocycles. The van der Waals surface area contributed by atoms with Crippen LogP contribution in [0.5, 0.6) is 0 Å². The van der Waals surface area contributed by atoms with Crippen LogP contribution in [0.25, 0.3) is 0 Å². The Kier molecular flexibility index (Phi) is 4.11. The van der Waals surface area contributed by atoms with Crippen LogP contribution in [0.2, 0.25) is 0 Å². The van der Waals surface area contributed by atoms with Gasteiger partial charge < -0.3 is 15.5 Å². The first-order valence-corrected chi connectivity index (χ1v) is 5.54. The van der Waals surface area contributed by atoms with Gasteiger partial charge in [0.15, 0.2) is 0 Å². The van der Waals surface area contributed by atoms with Crippen LogP contribution < -0.4 is 10.6 Å². The molecule has 1 aliphatic heterocycles. The highest BCUT2D eigenvalue weighted by Gasteiger charge is 2.26. The number of hydrogen-bond acceptors (Lipinski definition) is 3. The lowest BCUT2D eigenvalue weighted by atomic mass is 9.92. The van der Waals surface area contributed by atoms with Crippen molar-refractivity contribution in [2.45, 2.75) is 13.8 Å². The Morgan fingerprint density at radius 3 is 2.47 bits per heavy atom. The topological polar surface area (TPSA) is 44.4 Å². The number of carbonyl (C=O) groups is 1. The summed E-state index contributed by atoms with van der Waals surface area (Å²) >= 11 is 0. The van der Waals surface area contributed by atoms with Crippen molar-refractivity contribution in [3.8, 4) is 0 Å². The second-order valence-corrected chi connectivity index (χ2v) is 5.47. The van der Waals surface area contributed by atoms with Crippen molar-refractivity contribution >= 4 is 5.91 Å². The van der Waals surface area contributed by atoms with E-state index in [4.69, 9.17) is 0 Å². The van der Waals surface area contributed by atoms with E-state index in [1.54, 1.807) is 0 Å². The van der Waals surface area contributed by atoms with Crippen molar-refractivity contribution in [1.29, 1.82) is 0 Å². The van der Waals surface area contributed by atoms with Crippen molar-refractivity contribution in [2.75, 3.05) is 40.3 Å². The van der Waals surface area contributed by atoms with Gasteiger partial charge in [0.2, 0.25) is 5.91 Å². The summed E-state index contributed by atoms with van der Waals surface area (Å²) in [5.41, 5.74) is 0.135. The molecule has 1 heterocycles. The molecule has 1 rings (SSSR count). The Morgan fingerprint density at radius 1 is 1.47 bits per heavy atom. The highest BCUT2D eigenvalue weighted by molar-refractivity contribution is 5.80. The molecule has 1 fully saturated rings. The van der Waals surface area contributed by atoms with Gasteiger partial charge in [0.1, 0.15) is 0 Å². The fraction of sp³-hybridized carbons (Fsp3) is 0.909. The summed E-state index contributed by atoms with van der Waals surface area (Å²) in [5, 5.41) is 6.13. The van der Waals surface area contributed by atoms with Gasteiger partial charge in [-0.2, -0.15) is 0 Å². The Balaban J connectivity index is 2.25. The van der Waals surface area contributed by atoms with E-state index in [2.05, 4.69) is 43.5 Å². The highest BCUT2D eigenvalue weighted by Crippen LogP contribution is 2.14. The quantitative estimate of drug-likeness (QED) is 0.671. The van der Waals surface area contributed by atoms with Crippen LogP contribution in [0.1, 0.15) is 13.8 Å². The van der Waals surface area contributed by atoms with E-state index in [1.165, 1.54) is 0 Å². The average molecular weight is 213 g/mol. The molecule has 88 valence electrons. The number of amides is 1. The standard InChI is InChI=1S/C11H23N3O/c1-11(2,8-14(3)4)7-13-10(15)9-5-12-6-9/h9,12H,5-8H2,1-4H3,(H,13,15). The van der Waals surface area contributed by atoms with Crippen molar-refractivity contribution in [2.24, 2.45) is 11.3 Å². The first-order chi connectivity index (χ1) is 6.91. The van der Waals surface area contributed by atoms with Gasteiger partial charge in [0.25, 0.3) is 0 Å². The molecule has 15 heavy (non-hydrogen) atoms.